The molecular weight excluding hydrogens is 364 g/mol. The average Bonchev–Trinajstić information content (AvgIpc) is 2.95. The highest BCUT2D eigenvalue weighted by molar-refractivity contribution is 5.85. The van der Waals surface area contributed by atoms with Gasteiger partial charge in [0, 0.05) is 30.7 Å². The number of aromatic nitrogens is 2. The number of carbonyl (C=O) groups is 1. The summed E-state index contributed by atoms with van der Waals surface area (Å²) in [6.07, 6.45) is 12.7. The fourth-order valence-corrected chi connectivity index (χ4v) is 3.31. The standard InChI is InChI=1S/C22H32N6O/c1-5-27(4)13-14-28-12-11-23-22(29)20(16(2)3)26-21-17-9-7-6-8-10-18(17)24-19(15-28)25-21/h6,8-12,16,20H,5,7,13-15H2,1-4H3,(H,23,29)(H,24,25,26)/b12-11+. The van der Waals surface area contributed by atoms with Crippen molar-refractivity contribution in [3.63, 3.8) is 0 Å². The molecule has 0 fully saturated rings. The molecule has 2 heterocycles. The van der Waals surface area contributed by atoms with Crippen LogP contribution in [0.25, 0.3) is 12.2 Å². The number of hydrogen-bond acceptors (Lipinski definition) is 6. The first-order valence-corrected chi connectivity index (χ1v) is 10.4. The summed E-state index contributed by atoms with van der Waals surface area (Å²) in [6, 6.07) is -0.381. The van der Waals surface area contributed by atoms with Gasteiger partial charge < -0.3 is 20.4 Å². The number of nitrogens with zero attached hydrogens (tertiary/aromatic N) is 4. The van der Waals surface area contributed by atoms with E-state index in [0.29, 0.717) is 6.54 Å². The van der Waals surface area contributed by atoms with E-state index < -0.39 is 0 Å². The van der Waals surface area contributed by atoms with Crippen LogP contribution in [0.3, 0.4) is 0 Å². The van der Waals surface area contributed by atoms with Crippen LogP contribution >= 0.6 is 0 Å². The lowest BCUT2D eigenvalue weighted by molar-refractivity contribution is -0.121. The Morgan fingerprint density at radius 3 is 2.93 bits per heavy atom. The van der Waals surface area contributed by atoms with Crippen LogP contribution in [-0.4, -0.2) is 58.4 Å². The lowest BCUT2D eigenvalue weighted by Gasteiger charge is -2.23. The van der Waals surface area contributed by atoms with E-state index in [1.165, 1.54) is 0 Å². The molecule has 3 rings (SSSR count). The van der Waals surface area contributed by atoms with Gasteiger partial charge >= 0.3 is 0 Å². The molecule has 0 saturated heterocycles. The zero-order valence-electron chi connectivity index (χ0n) is 17.9. The van der Waals surface area contributed by atoms with Gasteiger partial charge in [-0.25, -0.2) is 9.97 Å². The van der Waals surface area contributed by atoms with Crippen molar-refractivity contribution >= 4 is 23.9 Å². The van der Waals surface area contributed by atoms with E-state index in [0.717, 1.165) is 48.3 Å². The van der Waals surface area contributed by atoms with Gasteiger partial charge in [-0.15, -0.1) is 0 Å². The van der Waals surface area contributed by atoms with Crippen LogP contribution in [0.5, 0.6) is 0 Å². The molecule has 1 aliphatic carbocycles. The van der Waals surface area contributed by atoms with Crippen molar-refractivity contribution in [1.82, 2.24) is 25.1 Å². The van der Waals surface area contributed by atoms with Crippen LogP contribution in [0.15, 0.2) is 24.6 Å². The third-order valence-corrected chi connectivity index (χ3v) is 5.28. The summed E-state index contributed by atoms with van der Waals surface area (Å²) < 4.78 is 0. The van der Waals surface area contributed by atoms with Gasteiger partial charge in [-0.3, -0.25) is 4.79 Å². The molecule has 29 heavy (non-hydrogen) atoms. The number of fused-ring (bicyclic) bond motifs is 4. The Morgan fingerprint density at radius 2 is 2.17 bits per heavy atom. The van der Waals surface area contributed by atoms with E-state index in [-0.39, 0.29) is 17.9 Å². The van der Waals surface area contributed by atoms with Gasteiger partial charge in [0.2, 0.25) is 5.91 Å². The molecule has 0 spiro atoms. The molecule has 1 amide bonds. The number of rotatable bonds is 5. The Kier molecular flexibility index (Phi) is 7.04. The topological polar surface area (TPSA) is 73.4 Å². The summed E-state index contributed by atoms with van der Waals surface area (Å²) in [5.41, 5.74) is 0. The molecular formula is C22H32N6O. The van der Waals surface area contributed by atoms with Gasteiger partial charge in [-0.05, 0) is 32.0 Å². The lowest BCUT2D eigenvalue weighted by Crippen LogP contribution is -2.44. The first kappa shape index (κ1) is 21.0. The number of nitrogens with one attached hydrogen (secondary N) is 2. The number of carbonyl (C=O) groups excluding carboxylic acids is 1. The molecule has 7 heteroatoms. The lowest BCUT2D eigenvalue weighted by atomic mass is 10.0. The van der Waals surface area contributed by atoms with E-state index in [1.807, 2.05) is 32.2 Å². The third-order valence-electron chi connectivity index (χ3n) is 5.28. The van der Waals surface area contributed by atoms with Crippen molar-refractivity contribution in [2.24, 2.45) is 5.92 Å². The summed E-state index contributed by atoms with van der Waals surface area (Å²) in [4.78, 5) is 26.8. The minimum atomic E-state index is -0.381. The van der Waals surface area contributed by atoms with Crippen LogP contribution in [-0.2, 0) is 11.3 Å². The highest BCUT2D eigenvalue weighted by Gasteiger charge is 2.23. The van der Waals surface area contributed by atoms with Gasteiger partial charge in [-0.2, -0.15) is 0 Å². The molecule has 2 N–H and O–H groups in total. The van der Waals surface area contributed by atoms with Crippen molar-refractivity contribution in [3.8, 4) is 0 Å². The Morgan fingerprint density at radius 1 is 1.34 bits per heavy atom. The minimum absolute atomic E-state index is 0.0617. The maximum Gasteiger partial charge on any atom is 0.246 e. The summed E-state index contributed by atoms with van der Waals surface area (Å²) >= 11 is 0. The highest BCUT2D eigenvalue weighted by Crippen LogP contribution is 2.10. The fourth-order valence-electron chi connectivity index (χ4n) is 3.31. The summed E-state index contributed by atoms with van der Waals surface area (Å²) in [5.74, 6) is 1.52. The number of likely N-dealkylation sites (N-methyl/N-ethyl adjacent to an activating group) is 1. The molecule has 1 atom stereocenters. The molecule has 1 aliphatic heterocycles. The Balaban J connectivity index is 2.03. The van der Waals surface area contributed by atoms with Crippen molar-refractivity contribution < 1.29 is 4.79 Å². The van der Waals surface area contributed by atoms with Gasteiger partial charge in [0.05, 0.1) is 11.9 Å². The maximum absolute atomic E-state index is 12.8. The SMILES string of the molecule is CCN(C)CCN1/C=C/NC(=O)C(C(C)C)Nc2nc(nc3c2=CCC=CC=3)C1. The van der Waals surface area contributed by atoms with E-state index >= 15 is 0 Å². The summed E-state index contributed by atoms with van der Waals surface area (Å²) in [5, 5.41) is 8.17. The third kappa shape index (κ3) is 5.44. The van der Waals surface area contributed by atoms with Crippen LogP contribution in [0, 0.1) is 5.92 Å². The largest absolute Gasteiger partial charge is 0.367 e. The molecule has 1 aromatic heterocycles. The monoisotopic (exact) mass is 396 g/mol. The molecule has 2 bridgehead atoms. The van der Waals surface area contributed by atoms with Crippen LogP contribution < -0.4 is 21.2 Å². The molecule has 1 aromatic rings. The second kappa shape index (κ2) is 9.69. The Hall–Kier alpha value is -2.67. The fraction of sp³-hybridized carbons (Fsp3) is 0.500. The van der Waals surface area contributed by atoms with Crippen molar-refractivity contribution in [2.45, 2.75) is 39.8 Å². The molecule has 1 unspecified atom stereocenters. The maximum atomic E-state index is 12.8. The van der Waals surface area contributed by atoms with Gasteiger partial charge in [-0.1, -0.05) is 39.0 Å². The molecule has 0 radical (unpaired) electrons. The van der Waals surface area contributed by atoms with Gasteiger partial charge in [0.1, 0.15) is 11.9 Å². The first-order chi connectivity index (χ1) is 14.0. The molecule has 0 saturated carbocycles. The van der Waals surface area contributed by atoms with E-state index in [2.05, 4.69) is 46.6 Å². The second-order valence-electron chi connectivity index (χ2n) is 7.88. The van der Waals surface area contributed by atoms with E-state index in [4.69, 9.17) is 9.97 Å². The van der Waals surface area contributed by atoms with Crippen LogP contribution in [0.2, 0.25) is 0 Å². The molecule has 0 aromatic carbocycles. The normalized spacial score (nSPS) is 20.0. The summed E-state index contributed by atoms with van der Waals surface area (Å²) in [6.45, 7) is 9.52. The van der Waals surface area contributed by atoms with E-state index in [1.54, 1.807) is 6.20 Å². The molecule has 7 nitrogen and oxygen atoms in total. The van der Waals surface area contributed by atoms with Crippen LogP contribution in [0.1, 0.15) is 33.0 Å². The Labute approximate surface area is 172 Å². The van der Waals surface area contributed by atoms with Crippen molar-refractivity contribution in [1.29, 1.82) is 0 Å². The number of allylic oxidation sites excluding steroid dienone is 2. The number of anilines is 1. The highest BCUT2D eigenvalue weighted by atomic mass is 16.2. The van der Waals surface area contributed by atoms with Crippen molar-refractivity contribution in [3.05, 3.63) is 40.9 Å². The minimum Gasteiger partial charge on any atom is -0.367 e. The number of amides is 1. The van der Waals surface area contributed by atoms with Gasteiger partial charge in [0.25, 0.3) is 0 Å². The predicted octanol–water partition coefficient (Wildman–Crippen LogP) is 0.789. The smallest absolute Gasteiger partial charge is 0.246 e. The zero-order chi connectivity index (χ0) is 20.8. The quantitative estimate of drug-likeness (QED) is 0.767. The zero-order valence-corrected chi connectivity index (χ0v) is 17.9. The average molecular weight is 397 g/mol. The van der Waals surface area contributed by atoms with Crippen molar-refractivity contribution in [2.75, 3.05) is 32.0 Å². The van der Waals surface area contributed by atoms with E-state index in [9.17, 15) is 4.79 Å². The first-order valence-electron chi connectivity index (χ1n) is 10.4. The molecule has 2 aliphatic rings. The molecule has 156 valence electrons. The summed E-state index contributed by atoms with van der Waals surface area (Å²) in [7, 11) is 2.10. The second-order valence-corrected chi connectivity index (χ2v) is 7.88. The Bertz CT molecular complexity index is 905. The number of hydrogen-bond donors (Lipinski definition) is 2. The predicted molar refractivity (Wildman–Crippen MR) is 117 cm³/mol. The van der Waals surface area contributed by atoms with Crippen LogP contribution in [0.4, 0.5) is 5.82 Å². The van der Waals surface area contributed by atoms with Gasteiger partial charge in [0.15, 0.2) is 5.82 Å².